The van der Waals surface area contributed by atoms with E-state index in [1.807, 2.05) is 4.72 Å². The van der Waals surface area contributed by atoms with E-state index in [0.29, 0.717) is 0 Å². The second-order valence-electron chi connectivity index (χ2n) is 5.95. The van der Waals surface area contributed by atoms with Crippen molar-refractivity contribution in [2.45, 2.75) is 18.1 Å². The first-order chi connectivity index (χ1) is 14.2. The van der Waals surface area contributed by atoms with Crippen LogP contribution < -0.4 is 19.5 Å². The van der Waals surface area contributed by atoms with Crippen LogP contribution in [-0.2, 0) is 26.6 Å². The predicted octanol–water partition coefficient (Wildman–Crippen LogP) is -0.165. The molecule has 3 heterocycles. The molecule has 14 nitrogen and oxygen atoms in total. The number of methoxy groups -OCH3 is 2. The van der Waals surface area contributed by atoms with Crippen LogP contribution >= 0.6 is 0 Å². The predicted molar refractivity (Wildman–Crippen MR) is 101 cm³/mol. The fourth-order valence-electron chi connectivity index (χ4n) is 2.33. The third kappa shape index (κ3) is 4.68. The quantitative estimate of drug-likeness (QED) is 0.614. The Morgan fingerprint density at radius 2 is 1.90 bits per heavy atom. The van der Waals surface area contributed by atoms with Gasteiger partial charge in [-0.25, -0.2) is 9.52 Å². The number of aryl methyl sites for hydroxylation is 1. The van der Waals surface area contributed by atoms with Crippen LogP contribution in [0.25, 0.3) is 0 Å². The Labute approximate surface area is 171 Å². The largest absolute Gasteiger partial charge is 0.481 e. The lowest BCUT2D eigenvalue weighted by Crippen LogP contribution is -2.35. The highest BCUT2D eigenvalue weighted by atomic mass is 32.2. The third-order valence-electron chi connectivity index (χ3n) is 3.65. The second kappa shape index (κ2) is 8.40. The Morgan fingerprint density at radius 3 is 2.50 bits per heavy atom. The molecule has 2 aromatic rings. The molecule has 15 heteroatoms. The van der Waals surface area contributed by atoms with Gasteiger partial charge < -0.3 is 19.0 Å². The SMILES string of the molecule is COc1cc(OC)nc(NC(=O)NS(=O)(=O)c2cc(C3=NOCC(C)O3)nn2C)n1. The lowest BCUT2D eigenvalue weighted by atomic mass is 10.4. The van der Waals surface area contributed by atoms with E-state index in [0.717, 1.165) is 4.68 Å². The van der Waals surface area contributed by atoms with E-state index in [4.69, 9.17) is 19.0 Å². The number of hydrogen-bond acceptors (Lipinski definition) is 11. The van der Waals surface area contributed by atoms with Crippen LogP contribution in [-0.4, -0.2) is 67.0 Å². The molecule has 0 radical (unpaired) electrons. The maximum Gasteiger partial charge on any atom is 0.335 e. The minimum atomic E-state index is -4.30. The summed E-state index contributed by atoms with van der Waals surface area (Å²) in [4.78, 5) is 25.0. The van der Waals surface area contributed by atoms with Crippen molar-refractivity contribution in [3.63, 3.8) is 0 Å². The van der Waals surface area contributed by atoms with Gasteiger partial charge in [0.1, 0.15) is 6.10 Å². The smallest absolute Gasteiger partial charge is 0.335 e. The third-order valence-corrected chi connectivity index (χ3v) is 5.04. The van der Waals surface area contributed by atoms with Crippen molar-refractivity contribution in [1.82, 2.24) is 24.5 Å². The maximum atomic E-state index is 12.6. The average Bonchev–Trinajstić information content (AvgIpc) is 3.10. The van der Waals surface area contributed by atoms with Crippen molar-refractivity contribution in [2.24, 2.45) is 12.2 Å². The molecule has 0 saturated heterocycles. The Bertz CT molecular complexity index is 1060. The number of nitrogens with zero attached hydrogens (tertiary/aromatic N) is 5. The molecule has 1 aliphatic heterocycles. The van der Waals surface area contributed by atoms with Crippen LogP contribution in [0.15, 0.2) is 22.3 Å². The number of anilines is 1. The van der Waals surface area contributed by atoms with Crippen LogP contribution in [0.3, 0.4) is 0 Å². The van der Waals surface area contributed by atoms with Crippen LogP contribution in [0.4, 0.5) is 10.7 Å². The number of nitrogens with one attached hydrogen (secondary N) is 2. The van der Waals surface area contributed by atoms with E-state index in [9.17, 15) is 13.2 Å². The highest BCUT2D eigenvalue weighted by Gasteiger charge is 2.27. The summed E-state index contributed by atoms with van der Waals surface area (Å²) in [6.07, 6.45) is -0.275. The van der Waals surface area contributed by atoms with Crippen molar-refractivity contribution in [2.75, 3.05) is 26.1 Å². The fourth-order valence-corrected chi connectivity index (χ4v) is 3.39. The van der Waals surface area contributed by atoms with Crippen LogP contribution in [0.5, 0.6) is 11.8 Å². The molecule has 1 unspecified atom stereocenters. The zero-order chi connectivity index (χ0) is 21.9. The number of hydrogen-bond donors (Lipinski definition) is 2. The van der Waals surface area contributed by atoms with Gasteiger partial charge in [0.25, 0.3) is 15.9 Å². The Balaban J connectivity index is 1.77. The zero-order valence-electron chi connectivity index (χ0n) is 16.4. The Morgan fingerprint density at radius 1 is 1.23 bits per heavy atom. The number of amides is 2. The minimum absolute atomic E-state index is 0.0344. The highest BCUT2D eigenvalue weighted by Crippen LogP contribution is 2.18. The summed E-state index contributed by atoms with van der Waals surface area (Å²) in [5.74, 6) is 0.0368. The van der Waals surface area contributed by atoms with E-state index in [-0.39, 0.29) is 47.0 Å². The van der Waals surface area contributed by atoms with Crippen molar-refractivity contribution in [3.8, 4) is 11.8 Å². The topological polar surface area (TPSA) is 168 Å². The molecule has 0 saturated carbocycles. The molecule has 162 valence electrons. The summed E-state index contributed by atoms with van der Waals surface area (Å²) in [7, 11) is -0.189. The molecule has 2 N–H and O–H groups in total. The van der Waals surface area contributed by atoms with Crippen molar-refractivity contribution in [1.29, 1.82) is 0 Å². The minimum Gasteiger partial charge on any atom is -0.481 e. The number of rotatable bonds is 6. The van der Waals surface area contributed by atoms with Gasteiger partial charge in [-0.1, -0.05) is 0 Å². The molecule has 0 bridgehead atoms. The summed E-state index contributed by atoms with van der Waals surface area (Å²) in [6, 6.07) is 1.48. The van der Waals surface area contributed by atoms with Crippen LogP contribution in [0, 0.1) is 0 Å². The number of oxime groups is 1. The normalized spacial score (nSPS) is 16.0. The first-order valence-electron chi connectivity index (χ1n) is 8.43. The lowest BCUT2D eigenvalue weighted by Gasteiger charge is -2.18. The van der Waals surface area contributed by atoms with Crippen molar-refractivity contribution < 1.29 is 32.3 Å². The molecule has 2 amide bonds. The molecule has 0 spiro atoms. The van der Waals surface area contributed by atoms with Gasteiger partial charge in [0, 0.05) is 13.1 Å². The van der Waals surface area contributed by atoms with Gasteiger partial charge in [-0.05, 0) is 12.1 Å². The van der Waals surface area contributed by atoms with E-state index in [2.05, 4.69) is 25.5 Å². The van der Waals surface area contributed by atoms with Crippen molar-refractivity contribution >= 4 is 27.9 Å². The molecular weight excluding hydrogens is 422 g/mol. The van der Waals surface area contributed by atoms with Gasteiger partial charge in [0.2, 0.25) is 17.7 Å². The maximum absolute atomic E-state index is 12.6. The Kier molecular flexibility index (Phi) is 5.91. The molecule has 0 aromatic carbocycles. The summed E-state index contributed by atoms with van der Waals surface area (Å²) in [6.45, 7) is 2.02. The van der Waals surface area contributed by atoms with E-state index < -0.39 is 16.1 Å². The number of sulfonamides is 1. The molecule has 3 rings (SSSR count). The standard InChI is InChI=1S/C15H19N7O7S/c1-8-7-28-20-13(29-8)9-5-12(22(2)19-9)30(24,25)21-15(23)18-14-16-10(26-3)6-11(17-14)27-4/h5-6,8H,7H2,1-4H3,(H2,16,17,18,21,23). The van der Waals surface area contributed by atoms with Gasteiger partial charge in [-0.15, -0.1) is 0 Å². The Hall–Kier alpha value is -3.62. The number of urea groups is 1. The highest BCUT2D eigenvalue weighted by molar-refractivity contribution is 7.90. The van der Waals surface area contributed by atoms with Gasteiger partial charge in [0.05, 0.1) is 20.3 Å². The first-order valence-corrected chi connectivity index (χ1v) is 9.92. The number of aromatic nitrogens is 4. The molecular formula is C15H19N7O7S. The van der Waals surface area contributed by atoms with Gasteiger partial charge in [-0.3, -0.25) is 10.00 Å². The van der Waals surface area contributed by atoms with E-state index in [1.54, 1.807) is 6.92 Å². The van der Waals surface area contributed by atoms with Crippen LogP contribution in [0.1, 0.15) is 12.6 Å². The lowest BCUT2D eigenvalue weighted by molar-refractivity contribution is 0.0193. The molecule has 1 aliphatic rings. The molecule has 1 atom stereocenters. The van der Waals surface area contributed by atoms with Crippen molar-refractivity contribution in [3.05, 3.63) is 17.8 Å². The number of carbonyl (C=O) groups is 1. The number of carbonyl (C=O) groups excluding carboxylic acids is 1. The summed E-state index contributed by atoms with van der Waals surface area (Å²) < 4.78 is 43.6. The van der Waals surface area contributed by atoms with Gasteiger partial charge >= 0.3 is 6.03 Å². The second-order valence-corrected chi connectivity index (χ2v) is 7.58. The molecule has 0 aliphatic carbocycles. The molecule has 30 heavy (non-hydrogen) atoms. The van der Waals surface area contributed by atoms with Gasteiger partial charge in [0.15, 0.2) is 17.3 Å². The van der Waals surface area contributed by atoms with Gasteiger partial charge in [-0.2, -0.15) is 23.5 Å². The molecule has 2 aromatic heterocycles. The van der Waals surface area contributed by atoms with E-state index in [1.165, 1.54) is 33.4 Å². The summed E-state index contributed by atoms with van der Waals surface area (Å²) in [5, 5.41) is 9.66. The number of ether oxygens (including phenoxy) is 3. The summed E-state index contributed by atoms with van der Waals surface area (Å²) >= 11 is 0. The first kappa shape index (κ1) is 21.1. The molecule has 0 fully saturated rings. The van der Waals surface area contributed by atoms with Crippen LogP contribution in [0.2, 0.25) is 0 Å². The summed E-state index contributed by atoms with van der Waals surface area (Å²) in [5.41, 5.74) is 0.130. The van der Waals surface area contributed by atoms with E-state index >= 15 is 0 Å². The fraction of sp³-hybridized carbons (Fsp3) is 0.400. The average molecular weight is 441 g/mol. The zero-order valence-corrected chi connectivity index (χ0v) is 17.3. The monoisotopic (exact) mass is 441 g/mol.